The molecule has 0 bridgehead atoms. The van der Waals surface area contributed by atoms with Crippen molar-refractivity contribution >= 4 is 17.9 Å². The smallest absolute Gasteiger partial charge is 0.333 e. The number of esters is 3. The van der Waals surface area contributed by atoms with E-state index in [2.05, 4.69) is 19.7 Å². The Morgan fingerprint density at radius 1 is 0.884 bits per heavy atom. The number of aliphatic hydroxyl groups is 3. The molecule has 0 amide bonds. The van der Waals surface area contributed by atoms with Crippen LogP contribution < -0.4 is 0 Å². The van der Waals surface area contributed by atoms with Crippen molar-refractivity contribution in [3.63, 3.8) is 0 Å². The van der Waals surface area contributed by atoms with E-state index < -0.39 is 91.0 Å². The molecule has 14 nitrogen and oxygen atoms in total. The Kier molecular flexibility index (Phi) is 11.8. The fraction of sp³-hybridized carbons (Fsp3) is 0.690. The lowest BCUT2D eigenvalue weighted by atomic mass is 9.79. The van der Waals surface area contributed by atoms with Crippen molar-refractivity contribution < 1.29 is 67.6 Å². The minimum atomic E-state index is -2.16. The first kappa shape index (κ1) is 36.5. The van der Waals surface area contributed by atoms with E-state index in [1.54, 1.807) is 13.8 Å². The highest BCUT2D eigenvalue weighted by Crippen LogP contribution is 2.53. The molecule has 14 heteroatoms. The maximum Gasteiger partial charge on any atom is 0.333 e. The predicted octanol–water partition coefficient (Wildman–Crippen LogP) is 0.462. The van der Waals surface area contributed by atoms with Gasteiger partial charge in [0.25, 0.3) is 0 Å². The summed E-state index contributed by atoms with van der Waals surface area (Å²) in [6, 6.07) is 0. The monoisotopic (exact) mass is 616 g/mol. The van der Waals surface area contributed by atoms with Crippen LogP contribution in [0.3, 0.4) is 0 Å². The molecule has 2 heterocycles. The number of hydrogen-bond acceptors (Lipinski definition) is 14. The van der Waals surface area contributed by atoms with E-state index in [1.165, 1.54) is 41.9 Å². The summed E-state index contributed by atoms with van der Waals surface area (Å²) in [5.74, 6) is -4.66. The van der Waals surface area contributed by atoms with Crippen molar-refractivity contribution in [2.45, 2.75) is 101 Å². The Labute approximate surface area is 251 Å². The zero-order valence-corrected chi connectivity index (χ0v) is 25.9. The van der Waals surface area contributed by atoms with Crippen LogP contribution in [0, 0.1) is 0 Å². The van der Waals surface area contributed by atoms with Gasteiger partial charge in [0.15, 0.2) is 17.8 Å². The number of carbonyl (C=O) groups is 3. The van der Waals surface area contributed by atoms with Crippen molar-refractivity contribution in [1.82, 2.24) is 0 Å². The Hall–Kier alpha value is -2.69. The van der Waals surface area contributed by atoms with Gasteiger partial charge < -0.3 is 53.2 Å². The van der Waals surface area contributed by atoms with E-state index in [-0.39, 0.29) is 16.7 Å². The number of hydrogen-bond donors (Lipinski definition) is 3. The van der Waals surface area contributed by atoms with Gasteiger partial charge in [0.05, 0.1) is 6.61 Å². The summed E-state index contributed by atoms with van der Waals surface area (Å²) in [6.45, 7) is 18.3. The molecular weight excluding hydrogens is 572 g/mol. The van der Waals surface area contributed by atoms with Gasteiger partial charge in [-0.25, -0.2) is 14.4 Å². The van der Waals surface area contributed by atoms with Crippen molar-refractivity contribution in [3.8, 4) is 0 Å². The quantitative estimate of drug-likeness (QED) is 0.147. The molecule has 244 valence electrons. The molecule has 0 aromatic rings. The predicted molar refractivity (Wildman–Crippen MR) is 148 cm³/mol. The lowest BCUT2D eigenvalue weighted by Crippen LogP contribution is -2.71. The highest BCUT2D eigenvalue weighted by Gasteiger charge is 2.74. The Morgan fingerprint density at radius 2 is 1.42 bits per heavy atom. The Balaban J connectivity index is 2.75. The molecule has 3 N–H and O–H groups in total. The summed E-state index contributed by atoms with van der Waals surface area (Å²) >= 11 is 0. The summed E-state index contributed by atoms with van der Waals surface area (Å²) in [7, 11) is 2.62. The third kappa shape index (κ3) is 7.02. The standard InChI is InChI=1S/C29H44O14/c1-14(2)23(33)38-13-18-22(41-25(35)16(5)6)28(9,37-11)29(42-18,27(7,8)36-10)43-26-21(40-24(34)15(3)4)20(32)19(31)17(12-30)39-26/h17-22,26,30-32H,1,3,5,12-13H2,2,4,6-11H3/t17-,18-,19-,20+,21-,22-,26-,28+,29+/m1/s1. The van der Waals surface area contributed by atoms with Gasteiger partial charge in [0.2, 0.25) is 12.1 Å². The fourth-order valence-corrected chi connectivity index (χ4v) is 4.82. The summed E-state index contributed by atoms with van der Waals surface area (Å²) in [5, 5.41) is 31.4. The molecule has 2 aliphatic rings. The van der Waals surface area contributed by atoms with Crippen molar-refractivity contribution in [3.05, 3.63) is 36.5 Å². The highest BCUT2D eigenvalue weighted by atomic mass is 16.8. The van der Waals surface area contributed by atoms with Gasteiger partial charge in [-0.3, -0.25) is 0 Å². The largest absolute Gasteiger partial charge is 0.459 e. The zero-order chi connectivity index (χ0) is 33.1. The molecule has 9 atom stereocenters. The topological polar surface area (TPSA) is 186 Å². The van der Waals surface area contributed by atoms with Crippen LogP contribution in [0.2, 0.25) is 0 Å². The summed E-state index contributed by atoms with van der Waals surface area (Å²) in [4.78, 5) is 37.6. The SMILES string of the molecule is C=C(C)C(=O)OC[C@H]1O[C@](O[C@H]2O[C@H](CO)[C@@H](O)[C@H](O)[C@H]2OC(=O)C(=C)C)(C(C)(C)OC)[C@@](C)(OC)[C@@H]1OC(=O)C(=C)C. The first-order valence-corrected chi connectivity index (χ1v) is 13.5. The van der Waals surface area contributed by atoms with Crippen LogP contribution in [0.15, 0.2) is 36.5 Å². The Bertz CT molecular complexity index is 1100. The number of methoxy groups -OCH3 is 2. The number of aliphatic hydroxyl groups excluding tert-OH is 3. The molecule has 0 aliphatic carbocycles. The second-order valence-electron chi connectivity index (χ2n) is 11.3. The van der Waals surface area contributed by atoms with E-state index in [9.17, 15) is 29.7 Å². The highest BCUT2D eigenvalue weighted by molar-refractivity contribution is 5.88. The second-order valence-corrected chi connectivity index (χ2v) is 11.3. The van der Waals surface area contributed by atoms with Crippen molar-refractivity contribution in [2.24, 2.45) is 0 Å². The lowest BCUT2D eigenvalue weighted by Gasteiger charge is -2.53. The number of carbonyl (C=O) groups excluding carboxylic acids is 3. The first-order chi connectivity index (χ1) is 19.8. The molecule has 0 radical (unpaired) electrons. The van der Waals surface area contributed by atoms with Crippen molar-refractivity contribution in [2.75, 3.05) is 27.4 Å². The lowest BCUT2D eigenvalue weighted by molar-refractivity contribution is -0.426. The molecule has 0 unspecified atom stereocenters. The average molecular weight is 617 g/mol. The third-order valence-electron chi connectivity index (χ3n) is 7.59. The maximum atomic E-state index is 12.8. The van der Waals surface area contributed by atoms with Gasteiger partial charge in [0, 0.05) is 30.9 Å². The second kappa shape index (κ2) is 13.9. The first-order valence-electron chi connectivity index (χ1n) is 13.5. The van der Waals surface area contributed by atoms with Crippen molar-refractivity contribution in [1.29, 1.82) is 0 Å². The summed E-state index contributed by atoms with van der Waals surface area (Å²) in [5.41, 5.74) is -3.21. The van der Waals surface area contributed by atoms with Crippen LogP contribution in [0.1, 0.15) is 41.5 Å². The van der Waals surface area contributed by atoms with Gasteiger partial charge in [-0.2, -0.15) is 0 Å². The normalized spacial score (nSPS) is 34.3. The van der Waals surface area contributed by atoms with E-state index in [0.717, 1.165) is 0 Å². The van der Waals surface area contributed by atoms with Gasteiger partial charge >= 0.3 is 17.9 Å². The molecule has 2 fully saturated rings. The molecule has 2 aliphatic heterocycles. The van der Waals surface area contributed by atoms with E-state index in [4.69, 9.17) is 37.9 Å². The molecule has 2 saturated heterocycles. The van der Waals surface area contributed by atoms with Gasteiger partial charge in [-0.05, 0) is 41.5 Å². The van der Waals surface area contributed by atoms with Gasteiger partial charge in [-0.15, -0.1) is 0 Å². The Morgan fingerprint density at radius 3 is 1.88 bits per heavy atom. The fourth-order valence-electron chi connectivity index (χ4n) is 4.82. The molecule has 0 aromatic heterocycles. The average Bonchev–Trinajstić information content (AvgIpc) is 3.18. The minimum absolute atomic E-state index is 0.0262. The van der Waals surface area contributed by atoms with Crippen LogP contribution in [0.25, 0.3) is 0 Å². The minimum Gasteiger partial charge on any atom is -0.459 e. The number of rotatable bonds is 13. The molecule has 0 aromatic carbocycles. The molecular formula is C29H44O14. The van der Waals surface area contributed by atoms with Crippen LogP contribution in [0.5, 0.6) is 0 Å². The third-order valence-corrected chi connectivity index (χ3v) is 7.59. The van der Waals surface area contributed by atoms with Crippen LogP contribution in [-0.2, 0) is 52.3 Å². The van der Waals surface area contributed by atoms with Crippen LogP contribution in [-0.4, -0.2) is 121 Å². The number of ether oxygens (including phenoxy) is 8. The van der Waals surface area contributed by atoms with E-state index in [0.29, 0.717) is 0 Å². The molecule has 0 saturated carbocycles. The van der Waals surface area contributed by atoms with Crippen LogP contribution >= 0.6 is 0 Å². The van der Waals surface area contributed by atoms with Gasteiger partial charge in [-0.1, -0.05) is 19.7 Å². The van der Waals surface area contributed by atoms with Crippen LogP contribution in [0.4, 0.5) is 0 Å². The van der Waals surface area contributed by atoms with E-state index in [1.807, 2.05) is 0 Å². The van der Waals surface area contributed by atoms with E-state index >= 15 is 0 Å². The maximum absolute atomic E-state index is 12.8. The molecule has 43 heavy (non-hydrogen) atoms. The summed E-state index contributed by atoms with van der Waals surface area (Å²) < 4.78 is 46.9. The zero-order valence-electron chi connectivity index (χ0n) is 25.9. The molecule has 0 spiro atoms. The summed E-state index contributed by atoms with van der Waals surface area (Å²) in [6.07, 6.45) is -10.9. The van der Waals surface area contributed by atoms with Gasteiger partial charge in [0.1, 0.15) is 36.6 Å². The molecule has 2 rings (SSSR count).